The Labute approximate surface area is 136 Å². The second-order valence-electron chi connectivity index (χ2n) is 6.77. The molecule has 2 aliphatic rings. The van der Waals surface area contributed by atoms with Gasteiger partial charge in [0.2, 0.25) is 0 Å². The van der Waals surface area contributed by atoms with E-state index in [2.05, 4.69) is 40.2 Å². The third-order valence-electron chi connectivity index (χ3n) is 3.95. The van der Waals surface area contributed by atoms with Crippen molar-refractivity contribution in [1.29, 1.82) is 0 Å². The van der Waals surface area contributed by atoms with Gasteiger partial charge in [0.25, 0.3) is 0 Å². The van der Waals surface area contributed by atoms with Gasteiger partial charge in [-0.25, -0.2) is 10.2 Å². The summed E-state index contributed by atoms with van der Waals surface area (Å²) in [5.41, 5.74) is 4.34. The molecule has 0 atom stereocenters. The molecule has 8 nitrogen and oxygen atoms in total. The largest absolute Gasteiger partial charge is 0.345 e. The van der Waals surface area contributed by atoms with Gasteiger partial charge in [0.1, 0.15) is 0 Å². The van der Waals surface area contributed by atoms with E-state index in [9.17, 15) is 14.4 Å². The van der Waals surface area contributed by atoms with Gasteiger partial charge in [0, 0.05) is 31.7 Å². The topological polar surface area (TPSA) is 103 Å². The summed E-state index contributed by atoms with van der Waals surface area (Å²) in [4.78, 5) is 37.0. The number of carbonyl (C=O) groups is 3. The van der Waals surface area contributed by atoms with Crippen LogP contribution < -0.4 is 21.5 Å². The maximum Gasteiger partial charge on any atom is 0.333 e. The van der Waals surface area contributed by atoms with Crippen molar-refractivity contribution in [3.63, 3.8) is 0 Å². The second-order valence-corrected chi connectivity index (χ2v) is 6.77. The number of piperidine rings is 1. The molecule has 1 saturated heterocycles. The lowest BCUT2D eigenvalue weighted by Gasteiger charge is -2.33. The van der Waals surface area contributed by atoms with Gasteiger partial charge in [-0.2, -0.15) is 0 Å². The molecule has 1 heterocycles. The Morgan fingerprint density at radius 1 is 0.913 bits per heavy atom. The Bertz CT molecular complexity index is 442. The summed E-state index contributed by atoms with van der Waals surface area (Å²) in [5, 5.41) is 5.37. The maximum absolute atomic E-state index is 11.7. The zero-order valence-electron chi connectivity index (χ0n) is 13.9. The van der Waals surface area contributed by atoms with Crippen molar-refractivity contribution in [3.8, 4) is 0 Å². The Balaban J connectivity index is 1.59. The van der Waals surface area contributed by atoms with Crippen molar-refractivity contribution >= 4 is 17.8 Å². The smallest absolute Gasteiger partial charge is 0.333 e. The first-order valence-electron chi connectivity index (χ1n) is 8.33. The summed E-state index contributed by atoms with van der Waals surface area (Å²) < 4.78 is 0. The van der Waals surface area contributed by atoms with Crippen molar-refractivity contribution in [3.05, 3.63) is 0 Å². The molecule has 1 aliphatic carbocycles. The fourth-order valence-corrected chi connectivity index (χ4v) is 2.65. The molecule has 1 saturated carbocycles. The minimum absolute atomic E-state index is 0.0932. The predicted molar refractivity (Wildman–Crippen MR) is 85.3 cm³/mol. The molecule has 0 bridgehead atoms. The van der Waals surface area contributed by atoms with Crippen LogP contribution in [0.5, 0.6) is 0 Å². The summed E-state index contributed by atoms with van der Waals surface area (Å²) in [6.07, 6.45) is 3.58. The average molecular weight is 325 g/mol. The van der Waals surface area contributed by atoms with Crippen LogP contribution in [-0.2, 0) is 9.59 Å². The molecule has 0 unspecified atom stereocenters. The van der Waals surface area contributed by atoms with Crippen molar-refractivity contribution in [1.82, 2.24) is 26.4 Å². The van der Waals surface area contributed by atoms with E-state index in [1.165, 1.54) is 0 Å². The lowest BCUT2D eigenvalue weighted by Crippen LogP contribution is -2.54. The van der Waals surface area contributed by atoms with E-state index in [0.29, 0.717) is 5.92 Å². The van der Waals surface area contributed by atoms with Crippen LogP contribution in [0.1, 0.15) is 39.5 Å². The number of likely N-dealkylation sites (tertiary alicyclic amines) is 1. The lowest BCUT2D eigenvalue weighted by atomic mass is 10.0. The molecular formula is C15H27N5O3. The average Bonchev–Trinajstić information content (AvgIpc) is 3.30. The van der Waals surface area contributed by atoms with Crippen molar-refractivity contribution in [2.75, 3.05) is 19.6 Å². The Morgan fingerprint density at radius 3 is 2.09 bits per heavy atom. The highest BCUT2D eigenvalue weighted by molar-refractivity contribution is 6.35. The number of nitrogens with one attached hydrogen (secondary N) is 4. The van der Waals surface area contributed by atoms with E-state index >= 15 is 0 Å². The van der Waals surface area contributed by atoms with Gasteiger partial charge in [-0.15, -0.1) is 0 Å². The maximum atomic E-state index is 11.7. The fourth-order valence-electron chi connectivity index (χ4n) is 2.65. The molecule has 4 amide bonds. The molecule has 1 aliphatic heterocycles. The quantitative estimate of drug-likeness (QED) is 0.421. The third kappa shape index (κ3) is 6.43. The fraction of sp³-hybridized carbons (Fsp3) is 0.800. The van der Waals surface area contributed by atoms with Crippen molar-refractivity contribution in [2.45, 2.75) is 51.6 Å². The standard InChI is InChI=1S/C15H27N5O3/c1-10(2)9-20-7-5-12(6-8-20)17-15(23)19-18-14(22)13(21)16-11-3-4-11/h10-12H,3-9H2,1-2H3,(H,16,21)(H,18,22)(H2,17,19,23). The Hall–Kier alpha value is -1.83. The van der Waals surface area contributed by atoms with Crippen molar-refractivity contribution < 1.29 is 14.4 Å². The predicted octanol–water partition coefficient (Wildman–Crippen LogP) is -0.284. The first-order valence-corrected chi connectivity index (χ1v) is 8.33. The van der Waals surface area contributed by atoms with Gasteiger partial charge in [-0.1, -0.05) is 13.8 Å². The highest BCUT2D eigenvalue weighted by Crippen LogP contribution is 2.18. The van der Waals surface area contributed by atoms with Gasteiger partial charge in [0.15, 0.2) is 0 Å². The van der Waals surface area contributed by atoms with Crippen LogP contribution in [0.15, 0.2) is 0 Å². The summed E-state index contributed by atoms with van der Waals surface area (Å²) in [6, 6.07) is -0.284. The van der Waals surface area contributed by atoms with Gasteiger partial charge in [0.05, 0.1) is 0 Å². The van der Waals surface area contributed by atoms with E-state index in [-0.39, 0.29) is 12.1 Å². The van der Waals surface area contributed by atoms with Crippen LogP contribution in [0.3, 0.4) is 0 Å². The number of hydrogen-bond acceptors (Lipinski definition) is 4. The molecule has 23 heavy (non-hydrogen) atoms. The zero-order valence-corrected chi connectivity index (χ0v) is 13.9. The molecule has 130 valence electrons. The molecular weight excluding hydrogens is 298 g/mol. The molecule has 4 N–H and O–H groups in total. The van der Waals surface area contributed by atoms with Crippen LogP contribution in [0.2, 0.25) is 0 Å². The van der Waals surface area contributed by atoms with E-state index in [4.69, 9.17) is 0 Å². The zero-order chi connectivity index (χ0) is 16.8. The third-order valence-corrected chi connectivity index (χ3v) is 3.95. The van der Waals surface area contributed by atoms with Gasteiger partial charge in [-0.05, 0) is 31.6 Å². The number of hydrogen-bond donors (Lipinski definition) is 4. The first kappa shape index (κ1) is 17.5. The second kappa shape index (κ2) is 8.14. The van der Waals surface area contributed by atoms with Crippen LogP contribution in [0, 0.1) is 5.92 Å². The summed E-state index contributed by atoms with van der Waals surface area (Å²) in [7, 11) is 0. The SMILES string of the molecule is CC(C)CN1CCC(NC(=O)NNC(=O)C(=O)NC2CC2)CC1. The number of urea groups is 1. The molecule has 0 aromatic rings. The van der Waals surface area contributed by atoms with E-state index in [1.807, 2.05) is 0 Å². The number of nitrogens with zero attached hydrogens (tertiary/aromatic N) is 1. The normalized spacial score (nSPS) is 19.3. The first-order chi connectivity index (χ1) is 10.9. The van der Waals surface area contributed by atoms with Gasteiger partial charge in [-0.3, -0.25) is 15.0 Å². The highest BCUT2D eigenvalue weighted by atomic mass is 16.2. The molecule has 0 aromatic carbocycles. The van der Waals surface area contributed by atoms with E-state index in [0.717, 1.165) is 45.3 Å². The van der Waals surface area contributed by atoms with Gasteiger partial charge >= 0.3 is 17.8 Å². The summed E-state index contributed by atoms with van der Waals surface area (Å²) in [6.45, 7) is 7.38. The van der Waals surface area contributed by atoms with E-state index < -0.39 is 17.8 Å². The van der Waals surface area contributed by atoms with Crippen LogP contribution in [-0.4, -0.2) is 54.5 Å². The molecule has 0 radical (unpaired) electrons. The lowest BCUT2D eigenvalue weighted by molar-refractivity contribution is -0.139. The Kier molecular flexibility index (Phi) is 6.20. The van der Waals surface area contributed by atoms with E-state index in [1.54, 1.807) is 0 Å². The minimum atomic E-state index is -0.848. The summed E-state index contributed by atoms with van der Waals surface area (Å²) in [5.74, 6) is -0.923. The van der Waals surface area contributed by atoms with Crippen LogP contribution >= 0.6 is 0 Å². The molecule has 2 fully saturated rings. The molecule has 2 rings (SSSR count). The molecule has 0 aromatic heterocycles. The molecule has 8 heteroatoms. The van der Waals surface area contributed by atoms with Gasteiger partial charge < -0.3 is 15.5 Å². The number of amides is 4. The number of rotatable bonds is 4. The van der Waals surface area contributed by atoms with Crippen LogP contribution in [0.4, 0.5) is 4.79 Å². The van der Waals surface area contributed by atoms with Crippen molar-refractivity contribution in [2.24, 2.45) is 5.92 Å². The van der Waals surface area contributed by atoms with Crippen LogP contribution in [0.25, 0.3) is 0 Å². The number of carbonyl (C=O) groups excluding carboxylic acids is 3. The molecule has 0 spiro atoms. The monoisotopic (exact) mass is 325 g/mol. The highest BCUT2D eigenvalue weighted by Gasteiger charge is 2.26. The minimum Gasteiger partial charge on any atom is -0.345 e. The number of hydrazine groups is 1. The Morgan fingerprint density at radius 2 is 1.52 bits per heavy atom. The summed E-state index contributed by atoms with van der Waals surface area (Å²) >= 11 is 0.